The molecular formula is C16H20F3N3O. The molecule has 2 N–H and O–H groups in total. The number of benzene rings is 1. The minimum atomic E-state index is -4.45. The number of fused-ring (bicyclic) bond motifs is 1. The van der Waals surface area contributed by atoms with E-state index >= 15 is 0 Å². The lowest BCUT2D eigenvalue weighted by molar-refractivity contribution is -0.138. The van der Waals surface area contributed by atoms with E-state index in [2.05, 4.69) is 29.4 Å². The molecule has 4 nitrogen and oxygen atoms in total. The molecule has 0 atom stereocenters. The Labute approximate surface area is 133 Å². The summed E-state index contributed by atoms with van der Waals surface area (Å²) in [6.07, 6.45) is -4.45. The number of halogens is 3. The Bertz CT molecular complexity index is 640. The van der Waals surface area contributed by atoms with Crippen molar-refractivity contribution in [3.05, 3.63) is 34.4 Å². The fourth-order valence-electron chi connectivity index (χ4n) is 3.27. The van der Waals surface area contributed by atoms with Crippen LogP contribution < -0.4 is 10.6 Å². The zero-order valence-corrected chi connectivity index (χ0v) is 13.2. The first-order valence-corrected chi connectivity index (χ1v) is 7.65. The average Bonchev–Trinajstić information content (AvgIpc) is 2.81. The van der Waals surface area contributed by atoms with E-state index in [4.69, 9.17) is 0 Å². The van der Waals surface area contributed by atoms with Crippen LogP contribution in [0.2, 0.25) is 0 Å². The van der Waals surface area contributed by atoms with E-state index in [0.717, 1.165) is 19.6 Å². The van der Waals surface area contributed by atoms with Gasteiger partial charge in [0.05, 0.1) is 5.56 Å². The number of amides is 1. The van der Waals surface area contributed by atoms with Crippen molar-refractivity contribution in [2.75, 3.05) is 19.6 Å². The van der Waals surface area contributed by atoms with Crippen LogP contribution in [-0.4, -0.2) is 36.0 Å². The van der Waals surface area contributed by atoms with Crippen LogP contribution in [0.15, 0.2) is 12.1 Å². The molecule has 2 heterocycles. The van der Waals surface area contributed by atoms with Crippen molar-refractivity contribution in [1.82, 2.24) is 15.5 Å². The zero-order valence-electron chi connectivity index (χ0n) is 13.2. The van der Waals surface area contributed by atoms with Gasteiger partial charge in [0.1, 0.15) is 0 Å². The molecule has 2 aliphatic heterocycles. The van der Waals surface area contributed by atoms with E-state index in [0.29, 0.717) is 12.1 Å². The van der Waals surface area contributed by atoms with Gasteiger partial charge in [0.25, 0.3) is 5.91 Å². The third-order valence-corrected chi connectivity index (χ3v) is 4.63. The van der Waals surface area contributed by atoms with Crippen LogP contribution in [-0.2, 0) is 19.3 Å². The smallest absolute Gasteiger partial charge is 0.348 e. The largest absolute Gasteiger partial charge is 0.416 e. The lowest BCUT2D eigenvalue weighted by Crippen LogP contribution is -2.57. The third-order valence-electron chi connectivity index (χ3n) is 4.63. The van der Waals surface area contributed by atoms with Gasteiger partial charge in [0.15, 0.2) is 0 Å². The highest BCUT2D eigenvalue weighted by Gasteiger charge is 2.38. The summed E-state index contributed by atoms with van der Waals surface area (Å²) >= 11 is 0. The molecule has 2 aliphatic rings. The molecular weight excluding hydrogens is 307 g/mol. The minimum Gasteiger partial charge on any atom is -0.348 e. The van der Waals surface area contributed by atoms with Crippen LogP contribution in [0.3, 0.4) is 0 Å². The lowest BCUT2D eigenvalue weighted by atomic mass is 9.95. The fourth-order valence-corrected chi connectivity index (χ4v) is 3.27. The van der Waals surface area contributed by atoms with E-state index in [1.807, 2.05) is 0 Å². The van der Waals surface area contributed by atoms with Gasteiger partial charge in [-0.3, -0.25) is 9.69 Å². The maximum atomic E-state index is 13.3. The van der Waals surface area contributed by atoms with Gasteiger partial charge in [-0.2, -0.15) is 13.2 Å². The number of carbonyl (C=O) groups is 1. The summed E-state index contributed by atoms with van der Waals surface area (Å²) < 4.78 is 40.0. The number of rotatable bonds is 2. The molecule has 1 amide bonds. The molecule has 126 valence electrons. The van der Waals surface area contributed by atoms with Gasteiger partial charge in [-0.05, 0) is 37.1 Å². The van der Waals surface area contributed by atoms with Gasteiger partial charge in [0, 0.05) is 43.8 Å². The van der Waals surface area contributed by atoms with Crippen molar-refractivity contribution in [2.24, 2.45) is 0 Å². The van der Waals surface area contributed by atoms with E-state index in [9.17, 15) is 18.0 Å². The lowest BCUT2D eigenvalue weighted by Gasteiger charge is -2.43. The van der Waals surface area contributed by atoms with E-state index in [1.165, 1.54) is 6.07 Å². The van der Waals surface area contributed by atoms with Crippen molar-refractivity contribution >= 4 is 5.91 Å². The maximum absolute atomic E-state index is 13.3. The number of carbonyl (C=O) groups excluding carboxylic acids is 1. The predicted molar refractivity (Wildman–Crippen MR) is 80.0 cm³/mol. The Hall–Kier alpha value is -1.60. The Morgan fingerprint density at radius 1 is 1.30 bits per heavy atom. The van der Waals surface area contributed by atoms with Gasteiger partial charge in [0.2, 0.25) is 0 Å². The quantitative estimate of drug-likeness (QED) is 0.875. The highest BCUT2D eigenvalue weighted by Crippen LogP contribution is 2.36. The van der Waals surface area contributed by atoms with Gasteiger partial charge in [-0.25, -0.2) is 0 Å². The predicted octanol–water partition coefficient (Wildman–Crippen LogP) is 2.13. The molecule has 0 aromatic heterocycles. The second-order valence-electron chi connectivity index (χ2n) is 6.76. The van der Waals surface area contributed by atoms with Gasteiger partial charge in [-0.15, -0.1) is 0 Å². The molecule has 0 aliphatic carbocycles. The zero-order chi connectivity index (χ0) is 16.8. The van der Waals surface area contributed by atoms with Crippen molar-refractivity contribution < 1.29 is 18.0 Å². The first kappa shape index (κ1) is 16.3. The number of piperazine rings is 1. The van der Waals surface area contributed by atoms with Crippen molar-refractivity contribution in [3.63, 3.8) is 0 Å². The fraction of sp³-hybridized carbons (Fsp3) is 0.562. The van der Waals surface area contributed by atoms with Gasteiger partial charge < -0.3 is 10.6 Å². The normalized spacial score (nSPS) is 21.2. The van der Waals surface area contributed by atoms with E-state index in [-0.39, 0.29) is 23.2 Å². The minimum absolute atomic E-state index is 0.0532. The Morgan fingerprint density at radius 2 is 2.04 bits per heavy atom. The second kappa shape index (κ2) is 5.49. The number of nitrogens with one attached hydrogen (secondary N) is 2. The number of nitrogens with zero attached hydrogens (tertiary/aromatic N) is 1. The molecule has 0 radical (unpaired) electrons. The van der Waals surface area contributed by atoms with E-state index < -0.39 is 17.6 Å². The molecule has 23 heavy (non-hydrogen) atoms. The maximum Gasteiger partial charge on any atom is 0.416 e. The van der Waals surface area contributed by atoms with E-state index in [1.54, 1.807) is 6.07 Å². The first-order chi connectivity index (χ1) is 10.7. The van der Waals surface area contributed by atoms with Crippen LogP contribution in [0.4, 0.5) is 13.2 Å². The number of hydrogen-bond donors (Lipinski definition) is 2. The molecule has 3 rings (SSSR count). The van der Waals surface area contributed by atoms with Gasteiger partial charge >= 0.3 is 6.18 Å². The number of hydrogen-bond acceptors (Lipinski definition) is 3. The summed E-state index contributed by atoms with van der Waals surface area (Å²) in [5.41, 5.74) is -0.0919. The second-order valence-corrected chi connectivity index (χ2v) is 6.76. The summed E-state index contributed by atoms with van der Waals surface area (Å²) in [4.78, 5) is 14.0. The highest BCUT2D eigenvalue weighted by molar-refractivity contribution is 5.99. The Kier molecular flexibility index (Phi) is 3.88. The van der Waals surface area contributed by atoms with Crippen molar-refractivity contribution in [3.8, 4) is 0 Å². The molecule has 0 unspecified atom stereocenters. The molecule has 0 spiro atoms. The Balaban J connectivity index is 1.97. The van der Waals surface area contributed by atoms with Crippen LogP contribution in [0.1, 0.15) is 40.9 Å². The van der Waals surface area contributed by atoms with Crippen LogP contribution >= 0.6 is 0 Å². The monoisotopic (exact) mass is 327 g/mol. The topological polar surface area (TPSA) is 44.4 Å². The molecule has 1 aromatic rings. The average molecular weight is 327 g/mol. The van der Waals surface area contributed by atoms with Crippen molar-refractivity contribution in [1.29, 1.82) is 0 Å². The van der Waals surface area contributed by atoms with Crippen molar-refractivity contribution in [2.45, 2.75) is 38.7 Å². The SMILES string of the molecule is CC1(C)CNCCN1Cc1cc2c(c(C(F)(F)F)c1)CNC2=O. The third kappa shape index (κ3) is 3.07. The molecule has 1 aromatic carbocycles. The molecule has 1 fully saturated rings. The Morgan fingerprint density at radius 3 is 2.70 bits per heavy atom. The van der Waals surface area contributed by atoms with Crippen LogP contribution in [0.25, 0.3) is 0 Å². The summed E-state index contributed by atoms with van der Waals surface area (Å²) in [5, 5.41) is 5.77. The molecule has 0 saturated carbocycles. The summed E-state index contributed by atoms with van der Waals surface area (Å²) in [6, 6.07) is 2.79. The molecule has 0 bridgehead atoms. The summed E-state index contributed by atoms with van der Waals surface area (Å²) in [5.74, 6) is -0.424. The van der Waals surface area contributed by atoms with Gasteiger partial charge in [-0.1, -0.05) is 0 Å². The highest BCUT2D eigenvalue weighted by atomic mass is 19.4. The first-order valence-electron chi connectivity index (χ1n) is 7.65. The summed E-state index contributed by atoms with van der Waals surface area (Å²) in [6.45, 7) is 6.82. The van der Waals surface area contributed by atoms with Crippen LogP contribution in [0, 0.1) is 0 Å². The summed E-state index contributed by atoms with van der Waals surface area (Å²) in [7, 11) is 0. The standard InChI is InChI=1S/C16H20F3N3O/c1-15(2)9-20-3-4-22(15)8-10-5-11-12(7-21-14(11)23)13(6-10)16(17,18)19/h5-6,20H,3-4,7-9H2,1-2H3,(H,21,23). The number of alkyl halides is 3. The molecule has 7 heteroatoms. The van der Waals surface area contributed by atoms with Crippen LogP contribution in [0.5, 0.6) is 0 Å². The molecule has 1 saturated heterocycles.